The number of carbonyl (C=O) groups excluding carboxylic acids is 2. The van der Waals surface area contributed by atoms with Crippen molar-refractivity contribution in [3.05, 3.63) is 71.7 Å². The van der Waals surface area contributed by atoms with Gasteiger partial charge >= 0.3 is 0 Å². The molecule has 40 heavy (non-hydrogen) atoms. The molecule has 212 valence electrons. The van der Waals surface area contributed by atoms with Gasteiger partial charge in [-0.05, 0) is 57.4 Å². The fourth-order valence-corrected chi connectivity index (χ4v) is 5.94. The quantitative estimate of drug-likeness (QED) is 0.427. The maximum Gasteiger partial charge on any atom is 0.273 e. The lowest BCUT2D eigenvalue weighted by Crippen LogP contribution is -2.64. The van der Waals surface area contributed by atoms with Gasteiger partial charge in [0.1, 0.15) is 11.6 Å². The van der Waals surface area contributed by atoms with E-state index in [-0.39, 0.29) is 29.0 Å². The van der Waals surface area contributed by atoms with E-state index >= 15 is 0 Å². The second kappa shape index (κ2) is 11.8. The van der Waals surface area contributed by atoms with Crippen molar-refractivity contribution in [1.29, 1.82) is 0 Å². The Morgan fingerprint density at radius 2 is 1.90 bits per heavy atom. The Morgan fingerprint density at radius 1 is 1.10 bits per heavy atom. The third-order valence-corrected chi connectivity index (χ3v) is 8.34. The van der Waals surface area contributed by atoms with Gasteiger partial charge in [0.25, 0.3) is 5.91 Å². The summed E-state index contributed by atoms with van der Waals surface area (Å²) >= 11 is 0. The number of amides is 2. The molecule has 10 heteroatoms. The lowest BCUT2D eigenvalue weighted by molar-refractivity contribution is -0.136. The van der Waals surface area contributed by atoms with Crippen LogP contribution in [0.25, 0.3) is 11.3 Å². The molecule has 1 saturated heterocycles. The van der Waals surface area contributed by atoms with E-state index in [1.54, 1.807) is 6.20 Å². The largest absolute Gasteiger partial charge is 0.355 e. The minimum atomic E-state index is -0.927. The molecule has 2 aliphatic rings. The normalized spacial score (nSPS) is 22.9. The minimum absolute atomic E-state index is 0.00136. The van der Waals surface area contributed by atoms with Gasteiger partial charge < -0.3 is 15.2 Å². The predicted octanol–water partition coefficient (Wildman–Crippen LogP) is 5.04. The van der Waals surface area contributed by atoms with E-state index in [0.717, 1.165) is 37.2 Å². The molecule has 3 aromatic rings. The molecule has 3 heterocycles. The van der Waals surface area contributed by atoms with Crippen LogP contribution in [0, 0.1) is 17.0 Å². The summed E-state index contributed by atoms with van der Waals surface area (Å²) < 4.78 is 32.8. The van der Waals surface area contributed by atoms with Crippen molar-refractivity contribution >= 4 is 11.8 Å². The number of piperidine rings is 1. The average Bonchev–Trinajstić information content (AvgIpc) is 3.45. The SMILES string of the molecule is C[C@@H](NC(=O)C1(C)CN(C2CCCCC2)CCC1NC(=O)c1cc(-c2ccc(F)cc2F)on1)c1ccccn1. The van der Waals surface area contributed by atoms with Gasteiger partial charge in [0, 0.05) is 43.5 Å². The maximum atomic E-state index is 14.2. The van der Waals surface area contributed by atoms with Crippen molar-refractivity contribution in [2.45, 2.75) is 70.5 Å². The lowest BCUT2D eigenvalue weighted by atomic mass is 9.74. The summed E-state index contributed by atoms with van der Waals surface area (Å²) in [5.41, 5.74) is -0.216. The van der Waals surface area contributed by atoms with E-state index in [2.05, 4.69) is 25.7 Å². The Balaban J connectivity index is 1.35. The smallest absolute Gasteiger partial charge is 0.273 e. The number of nitrogens with zero attached hydrogens (tertiary/aromatic N) is 3. The topological polar surface area (TPSA) is 100 Å². The predicted molar refractivity (Wildman–Crippen MR) is 145 cm³/mol. The van der Waals surface area contributed by atoms with Gasteiger partial charge in [0.05, 0.1) is 22.7 Å². The van der Waals surface area contributed by atoms with Crippen LogP contribution in [-0.2, 0) is 4.79 Å². The molecule has 1 aromatic carbocycles. The first-order valence-corrected chi connectivity index (χ1v) is 13.9. The molecule has 1 aliphatic heterocycles. The fourth-order valence-electron chi connectivity index (χ4n) is 5.94. The number of rotatable bonds is 7. The van der Waals surface area contributed by atoms with E-state index in [1.807, 2.05) is 32.0 Å². The molecule has 2 amide bonds. The molecule has 8 nitrogen and oxygen atoms in total. The number of benzene rings is 1. The zero-order chi connectivity index (χ0) is 28.3. The third kappa shape index (κ3) is 5.91. The first kappa shape index (κ1) is 27.9. The molecule has 0 bridgehead atoms. The van der Waals surface area contributed by atoms with Crippen LogP contribution >= 0.6 is 0 Å². The van der Waals surface area contributed by atoms with E-state index in [1.165, 1.54) is 31.4 Å². The Morgan fingerprint density at radius 3 is 2.62 bits per heavy atom. The highest BCUT2D eigenvalue weighted by molar-refractivity contribution is 5.94. The van der Waals surface area contributed by atoms with Crippen molar-refractivity contribution in [2.75, 3.05) is 13.1 Å². The van der Waals surface area contributed by atoms with Gasteiger partial charge in [-0.25, -0.2) is 8.78 Å². The highest BCUT2D eigenvalue weighted by atomic mass is 19.1. The molecule has 2 N–H and O–H groups in total. The van der Waals surface area contributed by atoms with Gasteiger partial charge in [-0.2, -0.15) is 0 Å². The fraction of sp³-hybridized carbons (Fsp3) is 0.467. The standard InChI is InChI=1S/C30H35F2N5O3/c1-19(24-10-6-7-14-33-24)34-29(39)30(2)18-37(21-8-4-3-5-9-21)15-13-27(30)35-28(38)25-17-26(40-36-25)22-12-11-20(31)16-23(22)32/h6-7,10-12,14,16-17,19,21,27H,3-5,8-9,13,15,18H2,1-2H3,(H,34,39)(H,35,38)/t19-,27?,30?/m1/s1. The number of pyridine rings is 1. The molecule has 5 rings (SSSR count). The summed E-state index contributed by atoms with van der Waals surface area (Å²) in [5.74, 6) is -2.20. The average molecular weight is 552 g/mol. The first-order valence-electron chi connectivity index (χ1n) is 13.9. The van der Waals surface area contributed by atoms with Crippen molar-refractivity contribution < 1.29 is 22.9 Å². The molecule has 3 atom stereocenters. The summed E-state index contributed by atoms with van der Waals surface area (Å²) in [6.07, 6.45) is 8.11. The number of hydrogen-bond acceptors (Lipinski definition) is 6. The highest BCUT2D eigenvalue weighted by Crippen LogP contribution is 2.35. The van der Waals surface area contributed by atoms with Gasteiger partial charge in [-0.15, -0.1) is 0 Å². The van der Waals surface area contributed by atoms with Gasteiger partial charge in [0.15, 0.2) is 11.5 Å². The van der Waals surface area contributed by atoms with Crippen LogP contribution in [0.15, 0.2) is 53.2 Å². The summed E-state index contributed by atoms with van der Waals surface area (Å²) in [6, 6.07) is 9.63. The molecule has 1 aliphatic carbocycles. The van der Waals surface area contributed by atoms with Crippen LogP contribution in [0.3, 0.4) is 0 Å². The van der Waals surface area contributed by atoms with Crippen molar-refractivity contribution in [2.24, 2.45) is 5.41 Å². The van der Waals surface area contributed by atoms with Crippen LogP contribution in [0.4, 0.5) is 8.78 Å². The van der Waals surface area contributed by atoms with Crippen LogP contribution in [-0.4, -0.2) is 52.0 Å². The highest BCUT2D eigenvalue weighted by Gasteiger charge is 2.48. The monoisotopic (exact) mass is 551 g/mol. The summed E-state index contributed by atoms with van der Waals surface area (Å²) in [4.78, 5) is 34.0. The lowest BCUT2D eigenvalue weighted by Gasteiger charge is -2.48. The van der Waals surface area contributed by atoms with Crippen LogP contribution < -0.4 is 10.6 Å². The van der Waals surface area contributed by atoms with Crippen LogP contribution in [0.1, 0.15) is 74.6 Å². The molecular formula is C30H35F2N5O3. The van der Waals surface area contributed by atoms with Gasteiger partial charge in [-0.1, -0.05) is 30.5 Å². The number of carbonyl (C=O) groups is 2. The molecular weight excluding hydrogens is 516 g/mol. The van der Waals surface area contributed by atoms with E-state index in [0.29, 0.717) is 19.0 Å². The van der Waals surface area contributed by atoms with Gasteiger partial charge in [-0.3, -0.25) is 19.5 Å². The second-order valence-corrected chi connectivity index (χ2v) is 11.1. The molecule has 0 spiro atoms. The zero-order valence-electron chi connectivity index (χ0n) is 22.8. The Labute approximate surface area is 232 Å². The molecule has 2 unspecified atom stereocenters. The summed E-state index contributed by atoms with van der Waals surface area (Å²) in [5, 5.41) is 9.96. The minimum Gasteiger partial charge on any atom is -0.355 e. The molecule has 2 aromatic heterocycles. The Kier molecular flexibility index (Phi) is 8.25. The molecule has 1 saturated carbocycles. The van der Waals surface area contributed by atoms with Crippen molar-refractivity contribution in [1.82, 2.24) is 25.7 Å². The van der Waals surface area contributed by atoms with Crippen molar-refractivity contribution in [3.63, 3.8) is 0 Å². The van der Waals surface area contributed by atoms with Gasteiger partial charge in [0.2, 0.25) is 5.91 Å². The van der Waals surface area contributed by atoms with E-state index in [4.69, 9.17) is 4.52 Å². The summed E-state index contributed by atoms with van der Waals surface area (Å²) in [7, 11) is 0. The number of likely N-dealkylation sites (tertiary alicyclic amines) is 1. The third-order valence-electron chi connectivity index (χ3n) is 8.34. The number of hydrogen-bond donors (Lipinski definition) is 2. The number of halogens is 2. The van der Waals surface area contributed by atoms with Crippen molar-refractivity contribution in [3.8, 4) is 11.3 Å². The Bertz CT molecular complexity index is 1340. The maximum absolute atomic E-state index is 14.2. The first-order chi connectivity index (χ1) is 19.2. The summed E-state index contributed by atoms with van der Waals surface area (Å²) in [6.45, 7) is 5.06. The van der Waals surface area contributed by atoms with E-state index < -0.39 is 29.0 Å². The van der Waals surface area contributed by atoms with Crippen LogP contribution in [0.5, 0.6) is 0 Å². The second-order valence-electron chi connectivity index (χ2n) is 11.1. The van der Waals surface area contributed by atoms with Crippen LogP contribution in [0.2, 0.25) is 0 Å². The molecule has 2 fully saturated rings. The number of nitrogens with one attached hydrogen (secondary N) is 2. The molecule has 0 radical (unpaired) electrons. The zero-order valence-corrected chi connectivity index (χ0v) is 22.8. The Hall–Kier alpha value is -3.66. The van der Waals surface area contributed by atoms with E-state index in [9.17, 15) is 18.4 Å². The number of aromatic nitrogens is 2.